The van der Waals surface area contributed by atoms with Crippen molar-refractivity contribution in [2.45, 2.75) is 27.2 Å². The second-order valence-electron chi connectivity index (χ2n) is 5.91. The van der Waals surface area contributed by atoms with E-state index in [2.05, 4.69) is 32.9 Å². The Hall–Kier alpha value is -1.63. The molecule has 0 amide bonds. The Balaban J connectivity index is 2.26. The van der Waals surface area contributed by atoms with E-state index in [9.17, 15) is 4.39 Å². The molecule has 0 fully saturated rings. The minimum absolute atomic E-state index is 0.166. The van der Waals surface area contributed by atoms with Crippen LogP contribution in [0.2, 0.25) is 0 Å². The zero-order valence-electron chi connectivity index (χ0n) is 11.2. The van der Waals surface area contributed by atoms with Crippen LogP contribution in [0, 0.1) is 11.2 Å². The monoisotopic (exact) mass is 242 g/mol. The second-order valence-corrected chi connectivity index (χ2v) is 5.91. The number of benzene rings is 2. The van der Waals surface area contributed by atoms with Crippen LogP contribution in [-0.2, 0) is 6.42 Å². The quantitative estimate of drug-likeness (QED) is 0.688. The first-order valence-electron chi connectivity index (χ1n) is 6.29. The number of rotatable bonds is 2. The number of hydrogen-bond acceptors (Lipinski definition) is 0. The number of hydrogen-bond donors (Lipinski definition) is 0. The Morgan fingerprint density at radius 2 is 1.50 bits per heavy atom. The first-order valence-corrected chi connectivity index (χ1v) is 6.29. The van der Waals surface area contributed by atoms with Crippen LogP contribution in [0.25, 0.3) is 11.1 Å². The summed E-state index contributed by atoms with van der Waals surface area (Å²) in [5.74, 6) is -0.166. The van der Waals surface area contributed by atoms with Gasteiger partial charge in [-0.05, 0) is 29.0 Å². The van der Waals surface area contributed by atoms with Gasteiger partial charge in [-0.15, -0.1) is 0 Å². The molecule has 0 radical (unpaired) electrons. The highest BCUT2D eigenvalue weighted by Gasteiger charge is 2.11. The van der Waals surface area contributed by atoms with E-state index in [1.54, 1.807) is 6.07 Å². The van der Waals surface area contributed by atoms with E-state index in [0.29, 0.717) is 5.56 Å². The van der Waals surface area contributed by atoms with Gasteiger partial charge in [0, 0.05) is 5.56 Å². The molecule has 2 rings (SSSR count). The van der Waals surface area contributed by atoms with Gasteiger partial charge in [-0.1, -0.05) is 63.2 Å². The molecule has 2 aromatic rings. The molecule has 0 saturated carbocycles. The van der Waals surface area contributed by atoms with Crippen molar-refractivity contribution >= 4 is 0 Å². The van der Waals surface area contributed by atoms with Crippen molar-refractivity contribution in [1.82, 2.24) is 0 Å². The van der Waals surface area contributed by atoms with Crippen LogP contribution in [0.15, 0.2) is 48.5 Å². The summed E-state index contributed by atoms with van der Waals surface area (Å²) < 4.78 is 13.6. The van der Waals surface area contributed by atoms with Gasteiger partial charge in [0.1, 0.15) is 5.82 Å². The molecule has 0 aliphatic heterocycles. The van der Waals surface area contributed by atoms with Gasteiger partial charge >= 0.3 is 0 Å². The maximum atomic E-state index is 13.6. The summed E-state index contributed by atoms with van der Waals surface area (Å²) in [5, 5.41) is 0. The Bertz CT molecular complexity index is 518. The molecule has 0 aliphatic rings. The summed E-state index contributed by atoms with van der Waals surface area (Å²) in [6.07, 6.45) is 1.03. The first-order chi connectivity index (χ1) is 8.46. The molecule has 0 atom stereocenters. The van der Waals surface area contributed by atoms with Gasteiger partial charge in [-0.3, -0.25) is 0 Å². The van der Waals surface area contributed by atoms with Gasteiger partial charge in [0.2, 0.25) is 0 Å². The maximum absolute atomic E-state index is 13.6. The molecular formula is C17H19F. The highest BCUT2D eigenvalue weighted by Crippen LogP contribution is 2.25. The lowest BCUT2D eigenvalue weighted by molar-refractivity contribution is 0.411. The van der Waals surface area contributed by atoms with Crippen molar-refractivity contribution in [3.63, 3.8) is 0 Å². The summed E-state index contributed by atoms with van der Waals surface area (Å²) in [5.41, 5.74) is 3.17. The third-order valence-corrected chi connectivity index (χ3v) is 2.87. The lowest BCUT2D eigenvalue weighted by Crippen LogP contribution is -2.08. The van der Waals surface area contributed by atoms with Crippen LogP contribution >= 0.6 is 0 Å². The van der Waals surface area contributed by atoms with Crippen molar-refractivity contribution in [2.24, 2.45) is 5.41 Å². The third-order valence-electron chi connectivity index (χ3n) is 2.87. The molecule has 0 saturated heterocycles. The summed E-state index contributed by atoms with van der Waals surface area (Å²) in [4.78, 5) is 0. The van der Waals surface area contributed by atoms with E-state index in [-0.39, 0.29) is 11.2 Å². The van der Waals surface area contributed by atoms with Crippen molar-refractivity contribution in [1.29, 1.82) is 0 Å². The summed E-state index contributed by atoms with van der Waals surface area (Å²) in [7, 11) is 0. The predicted octanol–water partition coefficient (Wildman–Crippen LogP) is 5.08. The molecule has 0 aromatic heterocycles. The van der Waals surface area contributed by atoms with Gasteiger partial charge in [-0.2, -0.15) is 0 Å². The standard InChI is InChI=1S/C17H19F/c1-17(2,3)12-13-8-10-14(11-9-13)15-6-4-5-7-16(15)18/h4-11H,12H2,1-3H3. The fourth-order valence-electron chi connectivity index (χ4n) is 2.11. The Labute approximate surface area is 108 Å². The highest BCUT2D eigenvalue weighted by molar-refractivity contribution is 5.64. The molecule has 0 nitrogen and oxygen atoms in total. The fraction of sp³-hybridized carbons (Fsp3) is 0.294. The summed E-state index contributed by atoms with van der Waals surface area (Å²) >= 11 is 0. The molecule has 0 unspecified atom stereocenters. The molecule has 1 heteroatoms. The Morgan fingerprint density at radius 1 is 0.889 bits per heavy atom. The molecule has 0 bridgehead atoms. The minimum atomic E-state index is -0.166. The Morgan fingerprint density at radius 3 is 2.06 bits per heavy atom. The van der Waals surface area contributed by atoms with Crippen LogP contribution < -0.4 is 0 Å². The summed E-state index contributed by atoms with van der Waals surface area (Å²) in [6, 6.07) is 15.1. The zero-order valence-corrected chi connectivity index (χ0v) is 11.2. The SMILES string of the molecule is CC(C)(C)Cc1ccc(-c2ccccc2F)cc1. The van der Waals surface area contributed by atoms with Gasteiger partial charge in [0.25, 0.3) is 0 Å². The van der Waals surface area contributed by atoms with Crippen molar-refractivity contribution < 1.29 is 4.39 Å². The predicted molar refractivity (Wildman–Crippen MR) is 75.0 cm³/mol. The van der Waals surface area contributed by atoms with E-state index in [0.717, 1.165) is 12.0 Å². The van der Waals surface area contributed by atoms with Crippen molar-refractivity contribution in [3.05, 3.63) is 59.9 Å². The van der Waals surface area contributed by atoms with Crippen LogP contribution in [-0.4, -0.2) is 0 Å². The van der Waals surface area contributed by atoms with Crippen LogP contribution in [0.4, 0.5) is 4.39 Å². The third kappa shape index (κ3) is 3.19. The zero-order chi connectivity index (χ0) is 13.2. The highest BCUT2D eigenvalue weighted by atomic mass is 19.1. The lowest BCUT2D eigenvalue weighted by atomic mass is 9.87. The average Bonchev–Trinajstić information content (AvgIpc) is 2.29. The molecule has 0 aliphatic carbocycles. The van der Waals surface area contributed by atoms with Gasteiger partial charge < -0.3 is 0 Å². The second kappa shape index (κ2) is 4.93. The molecule has 18 heavy (non-hydrogen) atoms. The lowest BCUT2D eigenvalue weighted by Gasteiger charge is -2.18. The van der Waals surface area contributed by atoms with Crippen LogP contribution in [0.3, 0.4) is 0 Å². The van der Waals surface area contributed by atoms with E-state index in [4.69, 9.17) is 0 Å². The minimum Gasteiger partial charge on any atom is -0.206 e. The van der Waals surface area contributed by atoms with Gasteiger partial charge in [0.05, 0.1) is 0 Å². The van der Waals surface area contributed by atoms with Gasteiger partial charge in [0.15, 0.2) is 0 Å². The topological polar surface area (TPSA) is 0 Å². The first kappa shape index (κ1) is 12.8. The van der Waals surface area contributed by atoms with Crippen LogP contribution in [0.5, 0.6) is 0 Å². The maximum Gasteiger partial charge on any atom is 0.131 e. The largest absolute Gasteiger partial charge is 0.206 e. The molecular weight excluding hydrogens is 223 g/mol. The summed E-state index contributed by atoms with van der Waals surface area (Å²) in [6.45, 7) is 6.66. The molecule has 0 heterocycles. The van der Waals surface area contributed by atoms with E-state index in [1.165, 1.54) is 11.6 Å². The van der Waals surface area contributed by atoms with Gasteiger partial charge in [-0.25, -0.2) is 4.39 Å². The molecule has 0 spiro atoms. The molecule has 94 valence electrons. The van der Waals surface area contributed by atoms with Crippen molar-refractivity contribution in [2.75, 3.05) is 0 Å². The van der Waals surface area contributed by atoms with E-state index < -0.39 is 0 Å². The van der Waals surface area contributed by atoms with E-state index in [1.807, 2.05) is 24.3 Å². The molecule has 0 N–H and O–H groups in total. The van der Waals surface area contributed by atoms with E-state index >= 15 is 0 Å². The smallest absolute Gasteiger partial charge is 0.131 e. The average molecular weight is 242 g/mol. The molecule has 2 aromatic carbocycles. The Kier molecular flexibility index (Phi) is 3.51. The normalized spacial score (nSPS) is 11.6. The number of halogens is 1. The van der Waals surface area contributed by atoms with Crippen LogP contribution in [0.1, 0.15) is 26.3 Å². The van der Waals surface area contributed by atoms with Crippen molar-refractivity contribution in [3.8, 4) is 11.1 Å². The fourth-order valence-corrected chi connectivity index (χ4v) is 2.11.